The molecule has 106 valence electrons. The number of carbonyl (C=O) groups is 1. The fourth-order valence-electron chi connectivity index (χ4n) is 1.87. The van der Waals surface area contributed by atoms with Gasteiger partial charge in [0.15, 0.2) is 0 Å². The quantitative estimate of drug-likeness (QED) is 0.889. The van der Waals surface area contributed by atoms with Gasteiger partial charge in [-0.05, 0) is 18.6 Å². The van der Waals surface area contributed by atoms with Crippen molar-refractivity contribution in [3.63, 3.8) is 0 Å². The molecule has 0 spiro atoms. The predicted octanol–water partition coefficient (Wildman–Crippen LogP) is 1.70. The Labute approximate surface area is 124 Å². The van der Waals surface area contributed by atoms with E-state index >= 15 is 0 Å². The fraction of sp³-hybridized carbons (Fsp3) is 0.462. The van der Waals surface area contributed by atoms with Crippen molar-refractivity contribution < 1.29 is 9.53 Å². The SMILES string of the molecule is COc1cc(C)ccc1CNC(=O)C1CSCN1.Cl. The van der Waals surface area contributed by atoms with Crippen LogP contribution in [0.4, 0.5) is 0 Å². The summed E-state index contributed by atoms with van der Waals surface area (Å²) in [4.78, 5) is 11.9. The Bertz CT molecular complexity index is 437. The molecule has 0 radical (unpaired) electrons. The van der Waals surface area contributed by atoms with Gasteiger partial charge in [-0.3, -0.25) is 10.1 Å². The van der Waals surface area contributed by atoms with E-state index < -0.39 is 0 Å². The smallest absolute Gasteiger partial charge is 0.238 e. The maximum absolute atomic E-state index is 11.9. The molecule has 6 heteroatoms. The van der Waals surface area contributed by atoms with Crippen LogP contribution < -0.4 is 15.4 Å². The molecule has 0 aliphatic carbocycles. The van der Waals surface area contributed by atoms with E-state index in [2.05, 4.69) is 10.6 Å². The second kappa shape index (κ2) is 7.62. The lowest BCUT2D eigenvalue weighted by molar-refractivity contribution is -0.122. The monoisotopic (exact) mass is 302 g/mol. The van der Waals surface area contributed by atoms with Crippen LogP contribution in [0.15, 0.2) is 18.2 Å². The molecule has 1 fully saturated rings. The first-order valence-electron chi connectivity index (χ1n) is 5.93. The molecule has 0 bridgehead atoms. The molecule has 1 unspecified atom stereocenters. The van der Waals surface area contributed by atoms with Crippen molar-refractivity contribution in [2.75, 3.05) is 18.7 Å². The first kappa shape index (κ1) is 16.1. The molecule has 19 heavy (non-hydrogen) atoms. The molecule has 1 aromatic rings. The maximum atomic E-state index is 11.9. The fourth-order valence-corrected chi connectivity index (χ4v) is 2.81. The molecular weight excluding hydrogens is 284 g/mol. The lowest BCUT2D eigenvalue weighted by Gasteiger charge is -2.13. The van der Waals surface area contributed by atoms with Crippen LogP contribution in [0, 0.1) is 6.92 Å². The number of methoxy groups -OCH3 is 1. The summed E-state index contributed by atoms with van der Waals surface area (Å²) < 4.78 is 5.31. The van der Waals surface area contributed by atoms with E-state index in [9.17, 15) is 4.79 Å². The van der Waals surface area contributed by atoms with Gasteiger partial charge in [0.05, 0.1) is 13.2 Å². The largest absolute Gasteiger partial charge is 0.496 e. The van der Waals surface area contributed by atoms with Gasteiger partial charge in [-0.1, -0.05) is 12.1 Å². The minimum atomic E-state index is -0.0635. The number of nitrogens with one attached hydrogen (secondary N) is 2. The molecule has 1 amide bonds. The number of aryl methyl sites for hydroxylation is 1. The predicted molar refractivity (Wildman–Crippen MR) is 81.1 cm³/mol. The van der Waals surface area contributed by atoms with E-state index in [1.54, 1.807) is 18.9 Å². The van der Waals surface area contributed by atoms with E-state index in [4.69, 9.17) is 4.74 Å². The Kier molecular flexibility index (Phi) is 6.48. The van der Waals surface area contributed by atoms with Crippen LogP contribution in [-0.4, -0.2) is 30.7 Å². The van der Waals surface area contributed by atoms with Crippen LogP contribution in [0.3, 0.4) is 0 Å². The van der Waals surface area contributed by atoms with Crippen molar-refractivity contribution in [2.45, 2.75) is 19.5 Å². The number of hydrogen-bond donors (Lipinski definition) is 2. The Hall–Kier alpha value is -0.910. The van der Waals surface area contributed by atoms with Crippen molar-refractivity contribution in [1.82, 2.24) is 10.6 Å². The molecule has 1 saturated heterocycles. The summed E-state index contributed by atoms with van der Waals surface area (Å²) in [6.07, 6.45) is 0. The van der Waals surface area contributed by atoms with Crippen molar-refractivity contribution in [3.8, 4) is 5.75 Å². The van der Waals surface area contributed by atoms with Crippen LogP contribution in [-0.2, 0) is 11.3 Å². The molecule has 0 aromatic heterocycles. The van der Waals surface area contributed by atoms with E-state index in [0.717, 1.165) is 28.5 Å². The Morgan fingerprint density at radius 3 is 3.00 bits per heavy atom. The Morgan fingerprint density at radius 1 is 1.58 bits per heavy atom. The van der Waals surface area contributed by atoms with Crippen LogP contribution in [0.1, 0.15) is 11.1 Å². The summed E-state index contributed by atoms with van der Waals surface area (Å²) >= 11 is 1.75. The third-order valence-electron chi connectivity index (χ3n) is 2.93. The van der Waals surface area contributed by atoms with Crippen molar-refractivity contribution in [1.29, 1.82) is 0 Å². The summed E-state index contributed by atoms with van der Waals surface area (Å²) in [7, 11) is 1.65. The van der Waals surface area contributed by atoms with Crippen LogP contribution in [0.2, 0.25) is 0 Å². The third-order valence-corrected chi connectivity index (χ3v) is 3.87. The summed E-state index contributed by atoms with van der Waals surface area (Å²) in [5.41, 5.74) is 2.15. The number of amides is 1. The molecule has 1 atom stereocenters. The average molecular weight is 303 g/mol. The van der Waals surface area contributed by atoms with E-state index in [1.807, 2.05) is 25.1 Å². The zero-order valence-electron chi connectivity index (χ0n) is 11.1. The molecule has 1 aromatic carbocycles. The van der Waals surface area contributed by atoms with Gasteiger partial charge in [0.2, 0.25) is 5.91 Å². The van der Waals surface area contributed by atoms with Gasteiger partial charge >= 0.3 is 0 Å². The molecule has 1 aliphatic heterocycles. The van der Waals surface area contributed by atoms with Crippen LogP contribution >= 0.6 is 24.2 Å². The highest BCUT2D eigenvalue weighted by Gasteiger charge is 2.22. The molecule has 1 heterocycles. The number of benzene rings is 1. The van der Waals surface area contributed by atoms with Crippen molar-refractivity contribution in [3.05, 3.63) is 29.3 Å². The van der Waals surface area contributed by atoms with Gasteiger partial charge < -0.3 is 10.1 Å². The summed E-state index contributed by atoms with van der Waals surface area (Å²) in [6, 6.07) is 5.93. The molecule has 0 saturated carbocycles. The Morgan fingerprint density at radius 2 is 2.37 bits per heavy atom. The molecular formula is C13H19ClN2O2S. The average Bonchev–Trinajstić information content (AvgIpc) is 2.90. The van der Waals surface area contributed by atoms with Gasteiger partial charge in [-0.25, -0.2) is 0 Å². The standard InChI is InChI=1S/C13H18N2O2S.ClH/c1-9-3-4-10(12(5-9)17-2)6-14-13(16)11-7-18-8-15-11;/h3-5,11,15H,6-8H2,1-2H3,(H,14,16);1H. The van der Waals surface area contributed by atoms with Gasteiger partial charge in [0.25, 0.3) is 0 Å². The summed E-state index contributed by atoms with van der Waals surface area (Å²) in [5, 5.41) is 6.09. The minimum absolute atomic E-state index is 0. The molecule has 1 aliphatic rings. The van der Waals surface area contributed by atoms with Gasteiger partial charge in [-0.15, -0.1) is 24.2 Å². The number of thioether (sulfide) groups is 1. The van der Waals surface area contributed by atoms with E-state index in [-0.39, 0.29) is 24.4 Å². The molecule has 4 nitrogen and oxygen atoms in total. The van der Waals surface area contributed by atoms with Crippen molar-refractivity contribution >= 4 is 30.1 Å². The minimum Gasteiger partial charge on any atom is -0.496 e. The van der Waals surface area contributed by atoms with Crippen molar-refractivity contribution in [2.24, 2.45) is 0 Å². The van der Waals surface area contributed by atoms with Gasteiger partial charge in [0, 0.05) is 23.7 Å². The molecule has 2 rings (SSSR count). The van der Waals surface area contributed by atoms with Gasteiger partial charge in [0.1, 0.15) is 5.75 Å². The summed E-state index contributed by atoms with van der Waals surface area (Å²) in [5.74, 6) is 2.58. The number of hydrogen-bond acceptors (Lipinski definition) is 4. The van der Waals surface area contributed by atoms with Crippen LogP contribution in [0.25, 0.3) is 0 Å². The zero-order chi connectivity index (χ0) is 13.0. The topological polar surface area (TPSA) is 50.4 Å². The second-order valence-corrected chi connectivity index (χ2v) is 5.34. The van der Waals surface area contributed by atoms with Crippen LogP contribution in [0.5, 0.6) is 5.75 Å². The first-order valence-corrected chi connectivity index (χ1v) is 7.08. The zero-order valence-corrected chi connectivity index (χ0v) is 12.7. The highest BCUT2D eigenvalue weighted by Crippen LogP contribution is 2.19. The van der Waals surface area contributed by atoms with E-state index in [0.29, 0.717) is 6.54 Å². The highest BCUT2D eigenvalue weighted by atomic mass is 35.5. The Balaban J connectivity index is 0.00000180. The number of rotatable bonds is 4. The maximum Gasteiger partial charge on any atom is 0.238 e. The summed E-state index contributed by atoms with van der Waals surface area (Å²) in [6.45, 7) is 2.52. The lowest BCUT2D eigenvalue weighted by atomic mass is 10.1. The highest BCUT2D eigenvalue weighted by molar-refractivity contribution is 7.99. The lowest BCUT2D eigenvalue weighted by Crippen LogP contribution is -2.41. The van der Waals surface area contributed by atoms with E-state index in [1.165, 1.54) is 0 Å². The number of ether oxygens (including phenoxy) is 1. The number of halogens is 1. The first-order chi connectivity index (χ1) is 8.70. The second-order valence-electron chi connectivity index (χ2n) is 4.30. The van der Waals surface area contributed by atoms with Gasteiger partial charge in [-0.2, -0.15) is 0 Å². The normalized spacial score (nSPS) is 17.7. The third kappa shape index (κ3) is 4.30. The number of carbonyl (C=O) groups excluding carboxylic acids is 1. The molecule has 2 N–H and O–H groups in total.